The molecule has 124 valence electrons. The van der Waals surface area contributed by atoms with E-state index >= 15 is 0 Å². The van der Waals surface area contributed by atoms with E-state index < -0.39 is 0 Å². The third-order valence-electron chi connectivity index (χ3n) is 4.03. The van der Waals surface area contributed by atoms with E-state index in [1.54, 1.807) is 12.1 Å². The molecule has 0 radical (unpaired) electrons. The van der Waals surface area contributed by atoms with Crippen molar-refractivity contribution in [2.75, 3.05) is 18.0 Å². The van der Waals surface area contributed by atoms with Crippen LogP contribution < -0.4 is 4.90 Å². The number of rotatable bonds is 5. The monoisotopic (exact) mass is 358 g/mol. The molecule has 0 aliphatic rings. The molecule has 0 spiro atoms. The molecule has 24 heavy (non-hydrogen) atoms. The molecule has 0 saturated heterocycles. The first kappa shape index (κ1) is 18.4. The Labute approximate surface area is 153 Å². The van der Waals surface area contributed by atoms with E-state index in [9.17, 15) is 5.26 Å². The van der Waals surface area contributed by atoms with Crippen LogP contribution in [0.5, 0.6) is 0 Å². The Balaban J connectivity index is 2.41. The molecule has 0 N–H and O–H groups in total. The summed E-state index contributed by atoms with van der Waals surface area (Å²) in [7, 11) is 0. The predicted molar refractivity (Wildman–Crippen MR) is 105 cm³/mol. The van der Waals surface area contributed by atoms with Gasteiger partial charge in [-0.25, -0.2) is 0 Å². The van der Waals surface area contributed by atoms with Crippen LogP contribution in [-0.4, -0.2) is 13.1 Å². The van der Waals surface area contributed by atoms with E-state index in [4.69, 9.17) is 23.2 Å². The molecular weight excluding hydrogens is 339 g/mol. The van der Waals surface area contributed by atoms with Crippen molar-refractivity contribution in [3.63, 3.8) is 0 Å². The molecule has 0 aliphatic heterocycles. The Bertz CT molecular complexity index is 800. The Hall–Kier alpha value is -1.95. The summed E-state index contributed by atoms with van der Waals surface area (Å²) in [5, 5.41) is 10.4. The van der Waals surface area contributed by atoms with Gasteiger partial charge in [0, 0.05) is 18.8 Å². The van der Waals surface area contributed by atoms with Crippen LogP contribution in [0.15, 0.2) is 36.4 Å². The molecule has 2 aromatic rings. The van der Waals surface area contributed by atoms with E-state index in [2.05, 4.69) is 49.9 Å². The van der Waals surface area contributed by atoms with Gasteiger partial charge in [0.15, 0.2) is 0 Å². The highest BCUT2D eigenvalue weighted by molar-refractivity contribution is 6.42. The van der Waals surface area contributed by atoms with Gasteiger partial charge in [0.2, 0.25) is 0 Å². The van der Waals surface area contributed by atoms with Gasteiger partial charge in [-0.1, -0.05) is 35.3 Å². The van der Waals surface area contributed by atoms with E-state index in [0.717, 1.165) is 29.8 Å². The molecule has 0 atom stereocenters. The highest BCUT2D eigenvalue weighted by atomic mass is 35.5. The summed E-state index contributed by atoms with van der Waals surface area (Å²) in [6, 6.07) is 13.8. The molecule has 0 unspecified atom stereocenters. The lowest BCUT2D eigenvalue weighted by Gasteiger charge is -2.21. The largest absolute Gasteiger partial charge is 0.372 e. The van der Waals surface area contributed by atoms with Crippen molar-refractivity contribution in [1.29, 1.82) is 5.26 Å². The second kappa shape index (κ2) is 8.24. The van der Waals surface area contributed by atoms with Gasteiger partial charge in [0.05, 0.1) is 21.7 Å². The Kier molecular flexibility index (Phi) is 6.31. The summed E-state index contributed by atoms with van der Waals surface area (Å²) in [5.74, 6) is 0. The maximum absolute atomic E-state index is 9.51. The van der Waals surface area contributed by atoms with Crippen LogP contribution in [-0.2, 0) is 0 Å². The Morgan fingerprint density at radius 1 is 1.08 bits per heavy atom. The minimum absolute atomic E-state index is 0.448. The molecule has 2 aromatic carbocycles. The number of hydrogen-bond donors (Lipinski definition) is 0. The Morgan fingerprint density at radius 3 is 2.33 bits per heavy atom. The van der Waals surface area contributed by atoms with Gasteiger partial charge in [-0.3, -0.25) is 0 Å². The Morgan fingerprint density at radius 2 is 1.79 bits per heavy atom. The fourth-order valence-corrected chi connectivity index (χ4v) is 2.90. The third kappa shape index (κ3) is 4.12. The highest BCUT2D eigenvalue weighted by Gasteiger charge is 2.07. The lowest BCUT2D eigenvalue weighted by atomic mass is 10.0. The maximum Gasteiger partial charge on any atom is 0.0998 e. The fourth-order valence-electron chi connectivity index (χ4n) is 2.61. The van der Waals surface area contributed by atoms with Crippen LogP contribution in [0.3, 0.4) is 0 Å². The van der Waals surface area contributed by atoms with Crippen molar-refractivity contribution in [2.45, 2.75) is 20.8 Å². The second-order valence-electron chi connectivity index (χ2n) is 5.51. The van der Waals surface area contributed by atoms with Crippen molar-refractivity contribution in [2.24, 2.45) is 0 Å². The lowest BCUT2D eigenvalue weighted by molar-refractivity contribution is 0.865. The first-order valence-electron chi connectivity index (χ1n) is 7.93. The number of halogens is 2. The zero-order chi connectivity index (χ0) is 17.7. The van der Waals surface area contributed by atoms with Crippen LogP contribution in [0.4, 0.5) is 5.69 Å². The average molecular weight is 359 g/mol. The summed E-state index contributed by atoms with van der Waals surface area (Å²) in [5.41, 5.74) is 4.68. The number of anilines is 1. The van der Waals surface area contributed by atoms with Gasteiger partial charge in [-0.2, -0.15) is 5.26 Å². The zero-order valence-electron chi connectivity index (χ0n) is 14.1. The van der Waals surface area contributed by atoms with Crippen LogP contribution in [0.25, 0.3) is 11.6 Å². The SMILES string of the molecule is CCN(CC)c1ccc(/C=C(\C#N)c2ccc(Cl)c(Cl)c2)c(C)c1. The average Bonchev–Trinajstić information content (AvgIpc) is 2.58. The summed E-state index contributed by atoms with van der Waals surface area (Å²) >= 11 is 12.0. The third-order valence-corrected chi connectivity index (χ3v) is 4.77. The van der Waals surface area contributed by atoms with Crippen molar-refractivity contribution < 1.29 is 0 Å². The van der Waals surface area contributed by atoms with Gasteiger partial charge in [-0.15, -0.1) is 0 Å². The summed E-state index contributed by atoms with van der Waals surface area (Å²) in [4.78, 5) is 2.30. The van der Waals surface area contributed by atoms with Crippen LogP contribution in [0, 0.1) is 18.3 Å². The first-order chi connectivity index (χ1) is 11.5. The zero-order valence-corrected chi connectivity index (χ0v) is 15.6. The second-order valence-corrected chi connectivity index (χ2v) is 6.33. The fraction of sp³-hybridized carbons (Fsp3) is 0.250. The number of hydrogen-bond acceptors (Lipinski definition) is 2. The summed E-state index contributed by atoms with van der Waals surface area (Å²) in [6.07, 6.45) is 1.89. The standard InChI is InChI=1S/C20H20Cl2N2/c1-4-24(5-2)18-8-6-15(14(3)10-18)11-17(13-23)16-7-9-19(21)20(22)12-16/h6-12H,4-5H2,1-3H3/b17-11+. The molecule has 0 fully saturated rings. The van der Waals surface area contributed by atoms with Gasteiger partial charge in [0.25, 0.3) is 0 Å². The van der Waals surface area contributed by atoms with E-state index in [-0.39, 0.29) is 0 Å². The van der Waals surface area contributed by atoms with E-state index in [0.29, 0.717) is 15.6 Å². The van der Waals surface area contributed by atoms with Crippen molar-refractivity contribution in [3.8, 4) is 6.07 Å². The molecule has 0 amide bonds. The van der Waals surface area contributed by atoms with Crippen molar-refractivity contribution in [1.82, 2.24) is 0 Å². The molecule has 2 nitrogen and oxygen atoms in total. The number of nitriles is 1. The van der Waals surface area contributed by atoms with E-state index in [1.165, 1.54) is 5.69 Å². The summed E-state index contributed by atoms with van der Waals surface area (Å²) in [6.45, 7) is 8.29. The molecule has 0 aromatic heterocycles. The van der Waals surface area contributed by atoms with Crippen LogP contribution in [0.1, 0.15) is 30.5 Å². The topological polar surface area (TPSA) is 27.0 Å². The smallest absolute Gasteiger partial charge is 0.0998 e. The lowest BCUT2D eigenvalue weighted by Crippen LogP contribution is -2.21. The maximum atomic E-state index is 9.51. The minimum atomic E-state index is 0.448. The first-order valence-corrected chi connectivity index (χ1v) is 8.68. The van der Waals surface area contributed by atoms with Gasteiger partial charge in [-0.05, 0) is 67.8 Å². The van der Waals surface area contributed by atoms with Gasteiger partial charge >= 0.3 is 0 Å². The van der Waals surface area contributed by atoms with Crippen LogP contribution in [0.2, 0.25) is 10.0 Å². The van der Waals surface area contributed by atoms with Crippen molar-refractivity contribution >= 4 is 40.5 Å². The summed E-state index contributed by atoms with van der Waals surface area (Å²) < 4.78 is 0. The molecule has 0 bridgehead atoms. The molecule has 0 heterocycles. The normalized spacial score (nSPS) is 11.2. The number of nitrogens with zero attached hydrogens (tertiary/aromatic N) is 2. The quantitative estimate of drug-likeness (QED) is 0.469. The predicted octanol–water partition coefficient (Wildman–Crippen LogP) is 6.21. The number of benzene rings is 2. The number of aryl methyl sites for hydroxylation is 1. The molecule has 0 saturated carbocycles. The van der Waals surface area contributed by atoms with Gasteiger partial charge < -0.3 is 4.90 Å². The highest BCUT2D eigenvalue weighted by Crippen LogP contribution is 2.28. The molecular formula is C20H20Cl2N2. The molecule has 2 rings (SSSR count). The van der Waals surface area contributed by atoms with E-state index in [1.807, 2.05) is 12.1 Å². The molecule has 0 aliphatic carbocycles. The number of allylic oxidation sites excluding steroid dienone is 1. The molecule has 4 heteroatoms. The minimum Gasteiger partial charge on any atom is -0.372 e. The van der Waals surface area contributed by atoms with Crippen molar-refractivity contribution in [3.05, 3.63) is 63.1 Å². The van der Waals surface area contributed by atoms with Crippen LogP contribution >= 0.6 is 23.2 Å². The van der Waals surface area contributed by atoms with Gasteiger partial charge in [0.1, 0.15) is 0 Å².